The molecule has 4 heteroatoms. The molecule has 0 aliphatic rings. The highest BCUT2D eigenvalue weighted by Crippen LogP contribution is 2.24. The third-order valence-electron chi connectivity index (χ3n) is 2.66. The Hall–Kier alpha value is -1.55. The zero-order valence-corrected chi connectivity index (χ0v) is 11.3. The van der Waals surface area contributed by atoms with Crippen molar-refractivity contribution in [3.8, 4) is 5.75 Å². The van der Waals surface area contributed by atoms with Gasteiger partial charge in [-0.05, 0) is 27.0 Å². The lowest BCUT2D eigenvalue weighted by atomic mass is 10.1. The lowest BCUT2D eigenvalue weighted by Crippen LogP contribution is -2.29. The third kappa shape index (κ3) is 4.37. The van der Waals surface area contributed by atoms with Crippen molar-refractivity contribution in [2.45, 2.75) is 26.3 Å². The Bertz CT molecular complexity index is 380. The van der Waals surface area contributed by atoms with Gasteiger partial charge in [-0.2, -0.15) is 0 Å². The molecular weight excluding hydrogens is 228 g/mol. The molecule has 0 aromatic heterocycles. The van der Waals surface area contributed by atoms with Gasteiger partial charge < -0.3 is 15.4 Å². The van der Waals surface area contributed by atoms with E-state index in [1.807, 2.05) is 45.2 Å². The minimum atomic E-state index is -0.0443. The van der Waals surface area contributed by atoms with E-state index in [0.29, 0.717) is 19.6 Å². The number of hydrogen-bond acceptors (Lipinski definition) is 3. The van der Waals surface area contributed by atoms with Crippen LogP contribution in [0.3, 0.4) is 0 Å². The van der Waals surface area contributed by atoms with Crippen LogP contribution in [0.1, 0.15) is 31.9 Å². The zero-order valence-electron chi connectivity index (χ0n) is 11.3. The molecule has 0 saturated carbocycles. The molecule has 0 saturated heterocycles. The molecule has 100 valence electrons. The van der Waals surface area contributed by atoms with Crippen LogP contribution >= 0.6 is 0 Å². The second-order valence-electron chi connectivity index (χ2n) is 4.11. The summed E-state index contributed by atoms with van der Waals surface area (Å²) >= 11 is 0. The van der Waals surface area contributed by atoms with Gasteiger partial charge in [0.25, 0.3) is 0 Å². The van der Waals surface area contributed by atoms with Gasteiger partial charge in [-0.3, -0.25) is 4.79 Å². The lowest BCUT2D eigenvalue weighted by Gasteiger charge is -2.17. The molecule has 1 unspecified atom stereocenters. The summed E-state index contributed by atoms with van der Waals surface area (Å²) < 4.78 is 5.56. The molecule has 2 N–H and O–H groups in total. The van der Waals surface area contributed by atoms with E-state index < -0.39 is 0 Å². The molecule has 0 radical (unpaired) electrons. The van der Waals surface area contributed by atoms with Crippen LogP contribution in [0.15, 0.2) is 24.3 Å². The number of para-hydroxylation sites is 1. The van der Waals surface area contributed by atoms with E-state index in [-0.39, 0.29) is 11.9 Å². The van der Waals surface area contributed by atoms with Crippen molar-refractivity contribution < 1.29 is 9.53 Å². The summed E-state index contributed by atoms with van der Waals surface area (Å²) in [4.78, 5) is 11.7. The van der Waals surface area contributed by atoms with Crippen molar-refractivity contribution in [1.82, 2.24) is 10.6 Å². The van der Waals surface area contributed by atoms with Gasteiger partial charge in [0.05, 0.1) is 12.6 Å². The molecule has 18 heavy (non-hydrogen) atoms. The molecule has 0 heterocycles. The SMILES string of the molecule is CCOc1ccccc1C(C)NC(=O)CCNC. The predicted molar refractivity (Wildman–Crippen MR) is 72.7 cm³/mol. The quantitative estimate of drug-likeness (QED) is 0.776. The number of carbonyl (C=O) groups excluding carboxylic acids is 1. The van der Waals surface area contributed by atoms with Crippen molar-refractivity contribution >= 4 is 5.91 Å². The standard InChI is InChI=1S/C14H22N2O2/c1-4-18-13-8-6-5-7-12(13)11(2)16-14(17)9-10-15-3/h5-8,11,15H,4,9-10H2,1-3H3,(H,16,17). The Morgan fingerprint density at radius 1 is 1.39 bits per heavy atom. The Morgan fingerprint density at radius 2 is 2.11 bits per heavy atom. The average molecular weight is 250 g/mol. The van der Waals surface area contributed by atoms with Crippen LogP contribution in [0.25, 0.3) is 0 Å². The van der Waals surface area contributed by atoms with Gasteiger partial charge in [-0.15, -0.1) is 0 Å². The summed E-state index contributed by atoms with van der Waals surface area (Å²) in [5, 5.41) is 5.93. The summed E-state index contributed by atoms with van der Waals surface area (Å²) in [6.45, 7) is 5.23. The lowest BCUT2D eigenvalue weighted by molar-refractivity contribution is -0.121. The van der Waals surface area contributed by atoms with Gasteiger partial charge in [0.15, 0.2) is 0 Å². The number of benzene rings is 1. The maximum Gasteiger partial charge on any atom is 0.221 e. The predicted octanol–water partition coefficient (Wildman–Crippen LogP) is 1.87. The highest BCUT2D eigenvalue weighted by molar-refractivity contribution is 5.76. The first-order valence-corrected chi connectivity index (χ1v) is 6.34. The zero-order chi connectivity index (χ0) is 13.4. The van der Waals surface area contributed by atoms with Crippen molar-refractivity contribution in [3.05, 3.63) is 29.8 Å². The smallest absolute Gasteiger partial charge is 0.221 e. The first-order chi connectivity index (χ1) is 8.69. The van der Waals surface area contributed by atoms with E-state index in [1.54, 1.807) is 0 Å². The molecule has 0 aliphatic carbocycles. The van der Waals surface area contributed by atoms with Crippen LogP contribution in [0.2, 0.25) is 0 Å². The second kappa shape index (κ2) is 7.71. The molecule has 0 bridgehead atoms. The molecule has 1 aromatic carbocycles. The largest absolute Gasteiger partial charge is 0.494 e. The highest BCUT2D eigenvalue weighted by atomic mass is 16.5. The number of hydrogen-bond donors (Lipinski definition) is 2. The normalized spacial score (nSPS) is 11.9. The molecule has 1 aromatic rings. The van der Waals surface area contributed by atoms with Gasteiger partial charge in [0.1, 0.15) is 5.75 Å². The fourth-order valence-corrected chi connectivity index (χ4v) is 1.76. The van der Waals surface area contributed by atoms with Crippen molar-refractivity contribution in [3.63, 3.8) is 0 Å². The van der Waals surface area contributed by atoms with Crippen LogP contribution < -0.4 is 15.4 Å². The molecule has 1 amide bonds. The summed E-state index contributed by atoms with van der Waals surface area (Å²) in [5.74, 6) is 0.879. The fraction of sp³-hybridized carbons (Fsp3) is 0.500. The monoisotopic (exact) mass is 250 g/mol. The van der Waals surface area contributed by atoms with Crippen LogP contribution in [0, 0.1) is 0 Å². The van der Waals surface area contributed by atoms with E-state index in [2.05, 4.69) is 10.6 Å². The first kappa shape index (κ1) is 14.5. The maximum absolute atomic E-state index is 11.7. The Labute approximate surface area is 109 Å². The van der Waals surface area contributed by atoms with Crippen LogP contribution in [0.4, 0.5) is 0 Å². The van der Waals surface area contributed by atoms with E-state index in [0.717, 1.165) is 11.3 Å². The van der Waals surface area contributed by atoms with Crippen LogP contribution in [0.5, 0.6) is 5.75 Å². The van der Waals surface area contributed by atoms with E-state index in [1.165, 1.54) is 0 Å². The van der Waals surface area contributed by atoms with Gasteiger partial charge in [0, 0.05) is 18.5 Å². The van der Waals surface area contributed by atoms with Crippen LogP contribution in [-0.4, -0.2) is 26.1 Å². The van der Waals surface area contributed by atoms with Crippen molar-refractivity contribution in [2.24, 2.45) is 0 Å². The van der Waals surface area contributed by atoms with Gasteiger partial charge in [-0.25, -0.2) is 0 Å². The Balaban J connectivity index is 2.65. The van der Waals surface area contributed by atoms with E-state index >= 15 is 0 Å². The minimum absolute atomic E-state index is 0.0443. The van der Waals surface area contributed by atoms with Gasteiger partial charge in [0.2, 0.25) is 5.91 Å². The maximum atomic E-state index is 11.7. The second-order valence-corrected chi connectivity index (χ2v) is 4.11. The van der Waals surface area contributed by atoms with E-state index in [4.69, 9.17) is 4.74 Å². The molecule has 1 atom stereocenters. The summed E-state index contributed by atoms with van der Waals surface area (Å²) in [6.07, 6.45) is 0.484. The summed E-state index contributed by atoms with van der Waals surface area (Å²) in [6, 6.07) is 7.75. The highest BCUT2D eigenvalue weighted by Gasteiger charge is 2.13. The molecule has 4 nitrogen and oxygen atoms in total. The third-order valence-corrected chi connectivity index (χ3v) is 2.66. The molecule has 0 spiro atoms. The molecule has 1 rings (SSSR count). The number of amides is 1. The van der Waals surface area contributed by atoms with E-state index in [9.17, 15) is 4.79 Å². The van der Waals surface area contributed by atoms with Crippen molar-refractivity contribution in [1.29, 1.82) is 0 Å². The number of rotatable bonds is 7. The number of ether oxygens (including phenoxy) is 1. The van der Waals surface area contributed by atoms with Gasteiger partial charge >= 0.3 is 0 Å². The molecule has 0 fully saturated rings. The number of nitrogens with one attached hydrogen (secondary N) is 2. The summed E-state index contributed by atoms with van der Waals surface area (Å²) in [7, 11) is 1.83. The topological polar surface area (TPSA) is 50.4 Å². The first-order valence-electron chi connectivity index (χ1n) is 6.34. The molecular formula is C14H22N2O2. The minimum Gasteiger partial charge on any atom is -0.494 e. The Kier molecular flexibility index (Phi) is 6.22. The van der Waals surface area contributed by atoms with Crippen LogP contribution in [-0.2, 0) is 4.79 Å². The number of carbonyl (C=O) groups is 1. The fourth-order valence-electron chi connectivity index (χ4n) is 1.76. The summed E-state index contributed by atoms with van der Waals surface area (Å²) in [5.41, 5.74) is 1.01. The van der Waals surface area contributed by atoms with Crippen molar-refractivity contribution in [2.75, 3.05) is 20.2 Å². The average Bonchev–Trinajstić information content (AvgIpc) is 2.37. The Morgan fingerprint density at radius 3 is 2.78 bits per heavy atom. The van der Waals surface area contributed by atoms with Gasteiger partial charge in [-0.1, -0.05) is 18.2 Å². The molecule has 0 aliphatic heterocycles.